The van der Waals surface area contributed by atoms with E-state index in [1.54, 1.807) is 125 Å². The van der Waals surface area contributed by atoms with Gasteiger partial charge < -0.3 is 33.9 Å². The van der Waals surface area contributed by atoms with Gasteiger partial charge >= 0.3 is 17.9 Å². The number of nitrogens with one attached hydrogen (secondary N) is 2. The lowest BCUT2D eigenvalue weighted by molar-refractivity contribution is -0.237. The van der Waals surface area contributed by atoms with Crippen LogP contribution in [0.4, 0.5) is 0 Å². The molecule has 0 radical (unpaired) electrons. The van der Waals surface area contributed by atoms with E-state index in [0.717, 1.165) is 4.90 Å². The Bertz CT molecular complexity index is 1250. The van der Waals surface area contributed by atoms with Crippen LogP contribution in [0.1, 0.15) is 131 Å². The Morgan fingerprint density at radius 1 is 0.660 bits per heavy atom. The first-order chi connectivity index (χ1) is 22.1. The van der Waals surface area contributed by atoms with E-state index < -0.39 is 93.3 Å². The van der Waals surface area contributed by atoms with Crippen LogP contribution in [0.5, 0.6) is 0 Å². The van der Waals surface area contributed by atoms with Crippen molar-refractivity contribution in [2.24, 2.45) is 23.2 Å². The van der Waals surface area contributed by atoms with E-state index >= 15 is 0 Å². The second-order valence-corrected chi connectivity index (χ2v) is 19.1. The second-order valence-electron chi connectivity index (χ2n) is 19.1. The molecule has 13 heteroatoms. The van der Waals surface area contributed by atoms with Gasteiger partial charge in [0.05, 0.1) is 24.4 Å². The lowest BCUT2D eigenvalue weighted by Gasteiger charge is -2.50. The number of nitrogens with zero attached hydrogens (tertiary/aromatic N) is 1. The minimum Gasteiger partial charge on any atom is -0.475 e. The lowest BCUT2D eigenvalue weighted by Crippen LogP contribution is -2.67. The van der Waals surface area contributed by atoms with Crippen molar-refractivity contribution in [2.75, 3.05) is 0 Å². The molecule has 6 atom stereocenters. The molecule has 0 aromatic rings. The Morgan fingerprint density at radius 3 is 1.38 bits per heavy atom. The van der Waals surface area contributed by atoms with Crippen molar-refractivity contribution in [1.29, 1.82) is 5.41 Å². The van der Waals surface area contributed by atoms with Gasteiger partial charge in [-0.25, -0.2) is 0 Å². The Hall–Kier alpha value is -3.22. The predicted octanol–water partition coefficient (Wildman–Crippen LogP) is 5.56. The molecule has 2 amide bonds. The average Bonchev–Trinajstić information content (AvgIpc) is 2.79. The van der Waals surface area contributed by atoms with E-state index in [2.05, 4.69) is 5.32 Å². The largest absolute Gasteiger partial charge is 0.475 e. The summed E-state index contributed by atoms with van der Waals surface area (Å²) < 4.78 is 29.9. The monoisotopic (exact) mass is 711 g/mol. The summed E-state index contributed by atoms with van der Waals surface area (Å²) >= 11 is 0. The van der Waals surface area contributed by atoms with Crippen LogP contribution in [-0.4, -0.2) is 87.3 Å². The highest BCUT2D eigenvalue weighted by molar-refractivity contribution is 5.90. The van der Waals surface area contributed by atoms with Gasteiger partial charge in [-0.05, 0) is 109 Å². The predicted molar refractivity (Wildman–Crippen MR) is 189 cm³/mol. The molecule has 0 saturated carbocycles. The minimum atomic E-state index is -1.67. The Morgan fingerprint density at radius 2 is 1.04 bits per heavy atom. The standard InChI is InChI=1S/C37H65N3O10/c1-32(2,3)26(27(42)39-33(4,5)6)40(20-41)28-25(31(45)50-37(16,17)18)24(30(44)49-36(13,14)15)23(29(43)48-35(10,11)12)21(46-28)19-22(38)47-34(7,8)9/h20-21,23-26,28,38H,19H2,1-18H3,(H,39,42)/t21-,23+,24+,25-,26+,28-/m1/s1. The average molecular weight is 712 g/mol. The van der Waals surface area contributed by atoms with Crippen molar-refractivity contribution in [3.8, 4) is 0 Å². The van der Waals surface area contributed by atoms with Crippen molar-refractivity contribution in [3.05, 3.63) is 0 Å². The quantitative estimate of drug-likeness (QED) is 0.102. The number of hydrogen-bond donors (Lipinski definition) is 2. The van der Waals surface area contributed by atoms with E-state index in [1.807, 2.05) is 0 Å². The molecular weight excluding hydrogens is 646 g/mol. The first-order valence-electron chi connectivity index (χ1n) is 17.2. The fourth-order valence-corrected chi connectivity index (χ4v) is 5.65. The van der Waals surface area contributed by atoms with Gasteiger partial charge in [0.25, 0.3) is 0 Å². The maximum atomic E-state index is 14.4. The van der Waals surface area contributed by atoms with Crippen LogP contribution >= 0.6 is 0 Å². The molecule has 1 heterocycles. The maximum Gasteiger partial charge on any atom is 0.314 e. The van der Waals surface area contributed by atoms with Crippen LogP contribution in [0.3, 0.4) is 0 Å². The molecule has 13 nitrogen and oxygen atoms in total. The third-order valence-corrected chi connectivity index (χ3v) is 6.93. The normalized spacial score (nSPS) is 22.8. The number of carbonyl (C=O) groups is 5. The molecule has 0 bridgehead atoms. The van der Waals surface area contributed by atoms with Crippen LogP contribution in [0.2, 0.25) is 0 Å². The summed E-state index contributed by atoms with van der Waals surface area (Å²) in [7, 11) is 0. The van der Waals surface area contributed by atoms with Gasteiger partial charge in [0.1, 0.15) is 40.6 Å². The summed E-state index contributed by atoms with van der Waals surface area (Å²) in [4.78, 5) is 71.4. The lowest BCUT2D eigenvalue weighted by atomic mass is 9.73. The summed E-state index contributed by atoms with van der Waals surface area (Å²) in [5, 5.41) is 11.6. The van der Waals surface area contributed by atoms with E-state index in [1.165, 1.54) is 0 Å². The number of amides is 2. The molecule has 0 spiro atoms. The Labute approximate surface area is 299 Å². The number of ether oxygens (including phenoxy) is 5. The molecule has 0 unspecified atom stereocenters. The highest BCUT2D eigenvalue weighted by Crippen LogP contribution is 2.44. The van der Waals surface area contributed by atoms with Gasteiger partial charge in [-0.3, -0.25) is 29.4 Å². The third kappa shape index (κ3) is 14.2. The maximum absolute atomic E-state index is 14.4. The number of carbonyl (C=O) groups excluding carboxylic acids is 5. The smallest absolute Gasteiger partial charge is 0.314 e. The van der Waals surface area contributed by atoms with E-state index in [-0.39, 0.29) is 12.3 Å². The summed E-state index contributed by atoms with van der Waals surface area (Å²) in [6.07, 6.45) is -2.94. The van der Waals surface area contributed by atoms with Crippen molar-refractivity contribution in [3.63, 3.8) is 0 Å². The summed E-state index contributed by atoms with van der Waals surface area (Å²) in [6.45, 7) is 30.6. The van der Waals surface area contributed by atoms with Crippen LogP contribution < -0.4 is 5.32 Å². The summed E-state index contributed by atoms with van der Waals surface area (Å²) in [5.74, 6) is -8.43. The first kappa shape index (κ1) is 44.8. The van der Waals surface area contributed by atoms with Crippen molar-refractivity contribution < 1.29 is 47.7 Å². The van der Waals surface area contributed by atoms with E-state index in [0.29, 0.717) is 6.41 Å². The van der Waals surface area contributed by atoms with Gasteiger partial charge in [-0.2, -0.15) is 0 Å². The summed E-state index contributed by atoms with van der Waals surface area (Å²) in [5.41, 5.74) is -5.59. The third-order valence-electron chi connectivity index (χ3n) is 6.93. The molecule has 1 saturated heterocycles. The zero-order valence-electron chi connectivity index (χ0n) is 33.8. The second kappa shape index (κ2) is 15.6. The molecule has 2 N–H and O–H groups in total. The first-order valence-corrected chi connectivity index (χ1v) is 17.2. The van der Waals surface area contributed by atoms with Crippen molar-refractivity contribution >= 4 is 36.1 Å². The van der Waals surface area contributed by atoms with Crippen LogP contribution in [0, 0.1) is 28.6 Å². The SMILES string of the molecule is CC(C)(C)NC(=O)[C@H](N(C=O)[C@@H]1O[C@H](CC(=N)OC(C)(C)C)[C@H](C(=O)OC(C)(C)C)[C@H](C(=O)OC(C)(C)C)[C@H]1C(=O)OC(C)(C)C)C(C)(C)C. The van der Waals surface area contributed by atoms with Gasteiger partial charge in [0.15, 0.2) is 5.90 Å². The van der Waals surface area contributed by atoms with Gasteiger partial charge in [-0.15, -0.1) is 0 Å². The minimum absolute atomic E-state index is 0.274. The molecule has 0 aromatic heterocycles. The Kier molecular flexibility index (Phi) is 14.0. The molecule has 0 aliphatic carbocycles. The van der Waals surface area contributed by atoms with Crippen LogP contribution in [-0.2, 0) is 47.7 Å². The van der Waals surface area contributed by atoms with Gasteiger partial charge in [-0.1, -0.05) is 20.8 Å². The van der Waals surface area contributed by atoms with E-state index in [9.17, 15) is 24.0 Å². The number of esters is 3. The Balaban J connectivity index is 4.31. The molecule has 1 rings (SSSR count). The zero-order chi connectivity index (χ0) is 39.6. The zero-order valence-corrected chi connectivity index (χ0v) is 33.8. The fourth-order valence-electron chi connectivity index (χ4n) is 5.65. The van der Waals surface area contributed by atoms with E-state index in [4.69, 9.17) is 29.1 Å². The van der Waals surface area contributed by atoms with Crippen LogP contribution in [0.15, 0.2) is 0 Å². The molecule has 288 valence electrons. The van der Waals surface area contributed by atoms with Gasteiger partial charge in [0, 0.05) is 5.54 Å². The van der Waals surface area contributed by atoms with Crippen LogP contribution in [0.25, 0.3) is 0 Å². The molecule has 1 aliphatic heterocycles. The van der Waals surface area contributed by atoms with Gasteiger partial charge in [0.2, 0.25) is 12.3 Å². The highest BCUT2D eigenvalue weighted by atomic mass is 16.6. The molecule has 0 aromatic carbocycles. The van der Waals surface area contributed by atoms with Crippen molar-refractivity contribution in [2.45, 2.75) is 177 Å². The molecule has 1 aliphatic rings. The van der Waals surface area contributed by atoms with Crippen molar-refractivity contribution in [1.82, 2.24) is 10.2 Å². The molecule has 1 fully saturated rings. The number of hydrogen-bond acceptors (Lipinski definition) is 11. The molecular formula is C37H65N3O10. The fraction of sp³-hybridized carbons (Fsp3) is 0.838. The number of rotatable bonds is 9. The summed E-state index contributed by atoms with van der Waals surface area (Å²) in [6, 6.07) is -1.24. The molecule has 50 heavy (non-hydrogen) atoms. The topological polar surface area (TPSA) is 171 Å². The highest BCUT2D eigenvalue weighted by Gasteiger charge is 2.61.